The minimum atomic E-state index is 0.459. The van der Waals surface area contributed by atoms with E-state index in [2.05, 4.69) is 67.2 Å². The average molecular weight is 495 g/mol. The Labute approximate surface area is 211 Å². The van der Waals surface area contributed by atoms with Crippen LogP contribution in [0.1, 0.15) is 11.5 Å². The van der Waals surface area contributed by atoms with E-state index in [0.29, 0.717) is 17.5 Å². The van der Waals surface area contributed by atoms with Crippen molar-refractivity contribution in [2.24, 2.45) is 0 Å². The van der Waals surface area contributed by atoms with Crippen LogP contribution < -0.4 is 4.74 Å². The number of aromatic amines is 1. The summed E-state index contributed by atoms with van der Waals surface area (Å²) in [7, 11) is 1.64. The number of nitrogens with one attached hydrogen (secondary N) is 1. The molecule has 0 amide bonds. The first-order valence-electron chi connectivity index (χ1n) is 11.4. The Balaban J connectivity index is 1.33. The molecule has 8 nitrogen and oxygen atoms in total. The monoisotopic (exact) mass is 494 g/mol. The zero-order valence-corrected chi connectivity index (χ0v) is 20.5. The van der Waals surface area contributed by atoms with E-state index in [4.69, 9.17) is 9.15 Å². The molecule has 0 aliphatic rings. The number of ether oxygens (including phenoxy) is 1. The molecule has 1 N–H and O–H groups in total. The number of benzene rings is 3. The quantitative estimate of drug-likeness (QED) is 0.269. The lowest BCUT2D eigenvalue weighted by atomic mass is 10.1. The highest BCUT2D eigenvalue weighted by molar-refractivity contribution is 7.98. The third-order valence-corrected chi connectivity index (χ3v) is 6.77. The fourth-order valence-electron chi connectivity index (χ4n) is 4.08. The first kappa shape index (κ1) is 22.1. The molecule has 3 aromatic carbocycles. The Kier molecular flexibility index (Phi) is 5.74. The molecular formula is C27H22N6O2S. The van der Waals surface area contributed by atoms with Crippen molar-refractivity contribution in [1.82, 2.24) is 29.9 Å². The fraction of sp³-hybridized carbons (Fsp3) is 0.111. The predicted octanol–water partition coefficient (Wildman–Crippen LogP) is 6.07. The van der Waals surface area contributed by atoms with Crippen LogP contribution in [0.25, 0.3) is 39.4 Å². The average Bonchev–Trinajstić information content (AvgIpc) is 3.65. The Hall–Kier alpha value is -4.37. The molecule has 3 heterocycles. The van der Waals surface area contributed by atoms with E-state index < -0.39 is 0 Å². The summed E-state index contributed by atoms with van der Waals surface area (Å²) < 4.78 is 13.2. The Bertz CT molecular complexity index is 1650. The standard InChI is InChI=1S/C27H22N6O2S/c1-17-6-5-7-19(14-17)33-25(22-15-28-23-9-4-3-8-21(22)23)30-32-27(33)36-16-24-29-31-26(35-24)18-10-12-20(34-2)13-11-18/h3-15,28H,16H2,1-2H3. The van der Waals surface area contributed by atoms with E-state index in [1.807, 2.05) is 48.7 Å². The van der Waals surface area contributed by atoms with Crippen molar-refractivity contribution in [3.63, 3.8) is 0 Å². The lowest BCUT2D eigenvalue weighted by Gasteiger charge is -2.10. The minimum Gasteiger partial charge on any atom is -0.497 e. The van der Waals surface area contributed by atoms with Gasteiger partial charge in [-0.2, -0.15) is 0 Å². The van der Waals surface area contributed by atoms with Crippen LogP contribution in [0, 0.1) is 6.92 Å². The highest BCUT2D eigenvalue weighted by atomic mass is 32.2. The number of thioether (sulfide) groups is 1. The molecule has 0 saturated heterocycles. The van der Waals surface area contributed by atoms with Gasteiger partial charge in [-0.3, -0.25) is 4.57 Å². The van der Waals surface area contributed by atoms with Gasteiger partial charge in [0.15, 0.2) is 11.0 Å². The van der Waals surface area contributed by atoms with Crippen molar-refractivity contribution >= 4 is 22.7 Å². The van der Waals surface area contributed by atoms with Gasteiger partial charge in [0, 0.05) is 33.9 Å². The number of nitrogens with zero attached hydrogens (tertiary/aromatic N) is 5. The lowest BCUT2D eigenvalue weighted by Crippen LogP contribution is -2.00. The molecule has 0 atom stereocenters. The number of hydrogen-bond acceptors (Lipinski definition) is 7. The summed E-state index contributed by atoms with van der Waals surface area (Å²) in [6, 6.07) is 24.0. The number of para-hydroxylation sites is 1. The molecule has 0 spiro atoms. The van der Waals surface area contributed by atoms with Crippen molar-refractivity contribution in [3.05, 3.63) is 90.4 Å². The van der Waals surface area contributed by atoms with Crippen LogP contribution in [0.4, 0.5) is 0 Å². The normalized spacial score (nSPS) is 11.3. The smallest absolute Gasteiger partial charge is 0.247 e. The molecule has 6 aromatic rings. The molecule has 6 rings (SSSR count). The maximum atomic E-state index is 5.92. The zero-order valence-electron chi connectivity index (χ0n) is 19.7. The molecule has 0 radical (unpaired) electrons. The van der Waals surface area contributed by atoms with E-state index in [0.717, 1.165) is 50.0 Å². The van der Waals surface area contributed by atoms with Crippen LogP contribution in [0.15, 0.2) is 88.6 Å². The lowest BCUT2D eigenvalue weighted by molar-refractivity contribution is 0.415. The van der Waals surface area contributed by atoms with Crippen molar-refractivity contribution in [1.29, 1.82) is 0 Å². The third-order valence-electron chi connectivity index (χ3n) is 5.85. The van der Waals surface area contributed by atoms with Crippen molar-refractivity contribution in [2.45, 2.75) is 17.8 Å². The van der Waals surface area contributed by atoms with Gasteiger partial charge in [0.1, 0.15) is 5.75 Å². The van der Waals surface area contributed by atoms with E-state index in [9.17, 15) is 0 Å². The number of rotatable bonds is 7. The van der Waals surface area contributed by atoms with Crippen molar-refractivity contribution < 1.29 is 9.15 Å². The van der Waals surface area contributed by atoms with Gasteiger partial charge in [0.05, 0.1) is 12.9 Å². The highest BCUT2D eigenvalue weighted by Crippen LogP contribution is 2.33. The maximum absolute atomic E-state index is 5.92. The molecular weight excluding hydrogens is 472 g/mol. The molecule has 0 aliphatic heterocycles. The van der Waals surface area contributed by atoms with Gasteiger partial charge in [0.2, 0.25) is 11.8 Å². The second kappa shape index (κ2) is 9.35. The summed E-state index contributed by atoms with van der Waals surface area (Å²) in [6.45, 7) is 2.07. The number of hydrogen-bond donors (Lipinski definition) is 1. The van der Waals surface area contributed by atoms with Gasteiger partial charge >= 0.3 is 0 Å². The van der Waals surface area contributed by atoms with Crippen LogP contribution in [0.3, 0.4) is 0 Å². The first-order valence-corrected chi connectivity index (χ1v) is 12.4. The van der Waals surface area contributed by atoms with Gasteiger partial charge < -0.3 is 14.1 Å². The van der Waals surface area contributed by atoms with E-state index in [1.54, 1.807) is 7.11 Å². The summed E-state index contributed by atoms with van der Waals surface area (Å²) in [5.74, 6) is 2.98. The van der Waals surface area contributed by atoms with E-state index in [1.165, 1.54) is 11.8 Å². The Morgan fingerprint density at radius 2 is 1.81 bits per heavy atom. The van der Waals surface area contributed by atoms with E-state index >= 15 is 0 Å². The molecule has 0 unspecified atom stereocenters. The molecule has 36 heavy (non-hydrogen) atoms. The summed E-state index contributed by atoms with van der Waals surface area (Å²) in [4.78, 5) is 3.34. The minimum absolute atomic E-state index is 0.459. The summed E-state index contributed by atoms with van der Waals surface area (Å²) in [5, 5.41) is 19.4. The Morgan fingerprint density at radius 3 is 2.64 bits per heavy atom. The van der Waals surface area contributed by atoms with Gasteiger partial charge in [-0.15, -0.1) is 20.4 Å². The van der Waals surface area contributed by atoms with Crippen LogP contribution in [-0.4, -0.2) is 37.1 Å². The highest BCUT2D eigenvalue weighted by Gasteiger charge is 2.20. The summed E-state index contributed by atoms with van der Waals surface area (Å²) in [5.41, 5.74) is 5.03. The number of fused-ring (bicyclic) bond motifs is 1. The van der Waals surface area contributed by atoms with Gasteiger partial charge in [-0.05, 0) is 55.0 Å². The third kappa shape index (κ3) is 4.14. The molecule has 0 aliphatic carbocycles. The van der Waals surface area contributed by atoms with Crippen LogP contribution >= 0.6 is 11.8 Å². The van der Waals surface area contributed by atoms with Crippen LogP contribution in [0.2, 0.25) is 0 Å². The molecule has 0 fully saturated rings. The zero-order chi connectivity index (χ0) is 24.5. The summed E-state index contributed by atoms with van der Waals surface area (Å²) in [6.07, 6.45) is 1.98. The van der Waals surface area contributed by atoms with Crippen molar-refractivity contribution in [2.75, 3.05) is 7.11 Å². The molecule has 0 bridgehead atoms. The maximum Gasteiger partial charge on any atom is 0.247 e. The Morgan fingerprint density at radius 1 is 0.944 bits per heavy atom. The summed E-state index contributed by atoms with van der Waals surface area (Å²) >= 11 is 1.50. The van der Waals surface area contributed by atoms with Crippen LogP contribution in [0.5, 0.6) is 5.75 Å². The molecule has 3 aromatic heterocycles. The first-order chi connectivity index (χ1) is 17.7. The molecule has 178 valence electrons. The fourth-order valence-corrected chi connectivity index (χ4v) is 4.87. The van der Waals surface area contributed by atoms with Gasteiger partial charge in [-0.25, -0.2) is 0 Å². The number of aryl methyl sites for hydroxylation is 1. The second-order valence-electron chi connectivity index (χ2n) is 8.25. The largest absolute Gasteiger partial charge is 0.497 e. The number of H-pyrrole nitrogens is 1. The van der Waals surface area contributed by atoms with Crippen LogP contribution in [-0.2, 0) is 5.75 Å². The van der Waals surface area contributed by atoms with E-state index in [-0.39, 0.29) is 0 Å². The second-order valence-corrected chi connectivity index (χ2v) is 9.19. The van der Waals surface area contributed by atoms with Crippen molar-refractivity contribution in [3.8, 4) is 34.3 Å². The molecule has 0 saturated carbocycles. The topological polar surface area (TPSA) is 94.7 Å². The number of aromatic nitrogens is 6. The van der Waals surface area contributed by atoms with Gasteiger partial charge in [-0.1, -0.05) is 42.1 Å². The number of methoxy groups -OCH3 is 1. The molecule has 9 heteroatoms. The van der Waals surface area contributed by atoms with Gasteiger partial charge in [0.25, 0.3) is 0 Å². The SMILES string of the molecule is COc1ccc(-c2nnc(CSc3nnc(-c4c[nH]c5ccccc45)n3-c3cccc(C)c3)o2)cc1. The predicted molar refractivity (Wildman–Crippen MR) is 139 cm³/mol.